The maximum Gasteiger partial charge on any atom is 0.416 e. The Morgan fingerprint density at radius 3 is 2.67 bits per heavy atom. The van der Waals surface area contributed by atoms with E-state index in [9.17, 15) is 27.9 Å². The molecule has 0 saturated heterocycles. The first-order valence-electron chi connectivity index (χ1n) is 8.64. The number of carbonyl (C=O) groups is 2. The third kappa shape index (κ3) is 5.56. The normalized spacial score (nSPS) is 16.3. The van der Waals surface area contributed by atoms with Crippen LogP contribution >= 0.6 is 0 Å². The van der Waals surface area contributed by atoms with Crippen LogP contribution in [0.3, 0.4) is 0 Å². The highest BCUT2D eigenvalue weighted by molar-refractivity contribution is 6.07. The molecule has 0 bridgehead atoms. The van der Waals surface area contributed by atoms with Crippen LogP contribution in [-0.4, -0.2) is 35.1 Å². The summed E-state index contributed by atoms with van der Waals surface area (Å²) < 4.78 is 38.2. The Morgan fingerprint density at radius 1 is 1.23 bits per heavy atom. The van der Waals surface area contributed by atoms with E-state index in [1.54, 1.807) is 12.1 Å². The minimum Gasteiger partial charge on any atom is -0.508 e. The van der Waals surface area contributed by atoms with Crippen molar-refractivity contribution in [3.05, 3.63) is 59.7 Å². The molecule has 1 heterocycles. The zero-order chi connectivity index (χ0) is 21.7. The highest BCUT2D eigenvalue weighted by Gasteiger charge is 2.31. The van der Waals surface area contributed by atoms with Gasteiger partial charge in [-0.2, -0.15) is 18.3 Å². The van der Waals surface area contributed by atoms with Gasteiger partial charge in [-0.15, -0.1) is 0 Å². The minimum atomic E-state index is -4.53. The number of aromatic hydroxyl groups is 1. The number of phenols is 1. The molecule has 30 heavy (non-hydrogen) atoms. The number of aliphatic imine (C=N–C) groups is 1. The van der Waals surface area contributed by atoms with Gasteiger partial charge in [0.05, 0.1) is 18.2 Å². The van der Waals surface area contributed by atoms with Crippen molar-refractivity contribution in [2.24, 2.45) is 10.1 Å². The lowest BCUT2D eigenvalue weighted by atomic mass is 10.1. The van der Waals surface area contributed by atoms with E-state index in [0.29, 0.717) is 5.56 Å². The number of rotatable bonds is 5. The lowest BCUT2D eigenvalue weighted by molar-refractivity contribution is -0.137. The van der Waals surface area contributed by atoms with E-state index in [1.165, 1.54) is 30.5 Å². The molecule has 0 aliphatic carbocycles. The van der Waals surface area contributed by atoms with E-state index < -0.39 is 29.6 Å². The van der Waals surface area contributed by atoms with Gasteiger partial charge >= 0.3 is 6.18 Å². The Labute approximate surface area is 168 Å². The number of nitrogens with zero attached hydrogens (tertiary/aromatic N) is 2. The maximum atomic E-state index is 12.7. The van der Waals surface area contributed by atoms with Crippen molar-refractivity contribution in [3.8, 4) is 5.75 Å². The number of hydrogen-bond donors (Lipinski definition) is 4. The highest BCUT2D eigenvalue weighted by atomic mass is 19.4. The molecule has 1 aliphatic rings. The second-order valence-electron chi connectivity index (χ2n) is 6.28. The number of carbonyl (C=O) groups excluding carboxylic acids is 2. The summed E-state index contributed by atoms with van der Waals surface area (Å²) in [6, 6.07) is 9.35. The zero-order valence-corrected chi connectivity index (χ0v) is 15.3. The van der Waals surface area contributed by atoms with Crippen LogP contribution < -0.4 is 16.1 Å². The molecule has 2 amide bonds. The Balaban J connectivity index is 1.56. The van der Waals surface area contributed by atoms with Gasteiger partial charge in [0, 0.05) is 5.69 Å². The second kappa shape index (κ2) is 8.64. The fourth-order valence-corrected chi connectivity index (χ4v) is 2.53. The molecule has 0 unspecified atom stereocenters. The molecular formula is C19H16F3N5O3. The van der Waals surface area contributed by atoms with Crippen molar-refractivity contribution in [2.45, 2.75) is 18.6 Å². The molecule has 0 spiro atoms. The van der Waals surface area contributed by atoms with Gasteiger partial charge < -0.3 is 10.4 Å². The number of hydrazone groups is 1. The van der Waals surface area contributed by atoms with Gasteiger partial charge in [0.1, 0.15) is 11.8 Å². The van der Waals surface area contributed by atoms with Crippen molar-refractivity contribution < 1.29 is 27.9 Å². The summed E-state index contributed by atoms with van der Waals surface area (Å²) in [5, 5.41) is 17.9. The van der Waals surface area contributed by atoms with Gasteiger partial charge in [0.15, 0.2) is 0 Å². The Morgan fingerprint density at radius 2 is 1.97 bits per heavy atom. The standard InChI is InChI=1S/C19H16F3N5O3/c20-19(21,22)12-2-1-3-13(8-12)24-16(29)9-15-17(30)26-18(25-15)27-23-10-11-4-6-14(28)7-5-11/h1-8,10,15,28H,9H2,(H,24,29)(H2,25,26,27,30)/b23-10-/t15-/m1/s1. The number of hydrogen-bond acceptors (Lipinski definition) is 6. The van der Waals surface area contributed by atoms with E-state index in [0.717, 1.165) is 12.1 Å². The molecule has 0 saturated carbocycles. The van der Waals surface area contributed by atoms with E-state index in [1.807, 2.05) is 0 Å². The smallest absolute Gasteiger partial charge is 0.416 e. The number of nitrogens with one attached hydrogen (secondary N) is 3. The van der Waals surface area contributed by atoms with Crippen LogP contribution in [0.15, 0.2) is 58.6 Å². The number of alkyl halides is 3. The number of amides is 2. The quantitative estimate of drug-likeness (QED) is 0.439. The molecule has 1 atom stereocenters. The summed E-state index contributed by atoms with van der Waals surface area (Å²) in [7, 11) is 0. The molecule has 3 rings (SSSR count). The van der Waals surface area contributed by atoms with Gasteiger partial charge in [-0.3, -0.25) is 14.9 Å². The number of phenolic OH excluding ortho intramolecular Hbond substituents is 1. The van der Waals surface area contributed by atoms with Crippen LogP contribution in [0.25, 0.3) is 0 Å². The molecule has 0 aromatic heterocycles. The summed E-state index contributed by atoms with van der Waals surface area (Å²) in [6.07, 6.45) is -3.45. The molecule has 8 nitrogen and oxygen atoms in total. The molecule has 2 aromatic carbocycles. The Bertz CT molecular complexity index is 1000. The van der Waals surface area contributed by atoms with Crippen LogP contribution in [0.1, 0.15) is 17.5 Å². The summed E-state index contributed by atoms with van der Waals surface area (Å²) in [6.45, 7) is 0. The maximum absolute atomic E-state index is 12.7. The SMILES string of the molecule is O=C(C[C@H]1N=C(N/N=C\c2ccc(O)cc2)NC1=O)Nc1cccc(C(F)(F)F)c1. The number of halogens is 3. The van der Waals surface area contributed by atoms with Crippen LogP contribution in [0.2, 0.25) is 0 Å². The van der Waals surface area contributed by atoms with Crippen LogP contribution in [-0.2, 0) is 15.8 Å². The molecule has 156 valence electrons. The fourth-order valence-electron chi connectivity index (χ4n) is 2.53. The first kappa shape index (κ1) is 20.8. The van der Waals surface area contributed by atoms with Crippen LogP contribution in [0.4, 0.5) is 18.9 Å². The molecule has 2 aromatic rings. The summed E-state index contributed by atoms with van der Waals surface area (Å²) in [5.41, 5.74) is 2.28. The fraction of sp³-hybridized carbons (Fsp3) is 0.158. The van der Waals surface area contributed by atoms with Crippen molar-refractivity contribution >= 4 is 29.7 Å². The summed E-state index contributed by atoms with van der Waals surface area (Å²) >= 11 is 0. The van der Waals surface area contributed by atoms with Crippen molar-refractivity contribution in [2.75, 3.05) is 5.32 Å². The molecule has 4 N–H and O–H groups in total. The van der Waals surface area contributed by atoms with Gasteiger partial charge in [-0.05, 0) is 48.0 Å². The first-order chi connectivity index (χ1) is 14.2. The van der Waals surface area contributed by atoms with Gasteiger partial charge in [-0.25, -0.2) is 10.4 Å². The average Bonchev–Trinajstić information content (AvgIpc) is 3.02. The predicted octanol–water partition coefficient (Wildman–Crippen LogP) is 2.22. The Kier molecular flexibility index (Phi) is 6.00. The van der Waals surface area contributed by atoms with Crippen molar-refractivity contribution in [1.29, 1.82) is 0 Å². The van der Waals surface area contributed by atoms with E-state index in [2.05, 4.69) is 26.2 Å². The monoisotopic (exact) mass is 419 g/mol. The molecule has 1 aliphatic heterocycles. The molecule has 0 radical (unpaired) electrons. The van der Waals surface area contributed by atoms with Crippen molar-refractivity contribution in [3.63, 3.8) is 0 Å². The van der Waals surface area contributed by atoms with E-state index in [4.69, 9.17) is 0 Å². The van der Waals surface area contributed by atoms with E-state index in [-0.39, 0.29) is 23.8 Å². The summed E-state index contributed by atoms with van der Waals surface area (Å²) in [5.74, 6) is -1.06. The van der Waals surface area contributed by atoms with E-state index >= 15 is 0 Å². The Hall–Kier alpha value is -3.89. The average molecular weight is 419 g/mol. The number of guanidine groups is 1. The van der Waals surface area contributed by atoms with Gasteiger partial charge in [0.25, 0.3) is 5.91 Å². The highest BCUT2D eigenvalue weighted by Crippen LogP contribution is 2.30. The molecule has 11 heteroatoms. The number of benzene rings is 2. The lowest BCUT2D eigenvalue weighted by Crippen LogP contribution is -2.35. The second-order valence-corrected chi connectivity index (χ2v) is 6.28. The predicted molar refractivity (Wildman–Crippen MR) is 103 cm³/mol. The third-order valence-electron chi connectivity index (χ3n) is 3.96. The van der Waals surface area contributed by atoms with Gasteiger partial charge in [-0.1, -0.05) is 6.07 Å². The topological polar surface area (TPSA) is 115 Å². The summed E-state index contributed by atoms with van der Waals surface area (Å²) in [4.78, 5) is 28.1. The van der Waals surface area contributed by atoms with Crippen LogP contribution in [0.5, 0.6) is 5.75 Å². The van der Waals surface area contributed by atoms with Crippen LogP contribution in [0, 0.1) is 0 Å². The molecular weight excluding hydrogens is 403 g/mol. The first-order valence-corrected chi connectivity index (χ1v) is 8.64. The lowest BCUT2D eigenvalue weighted by Gasteiger charge is -2.10. The zero-order valence-electron chi connectivity index (χ0n) is 15.3. The third-order valence-corrected chi connectivity index (χ3v) is 3.96. The number of anilines is 1. The largest absolute Gasteiger partial charge is 0.508 e. The molecule has 0 fully saturated rings. The van der Waals surface area contributed by atoms with Gasteiger partial charge in [0.2, 0.25) is 11.9 Å². The van der Waals surface area contributed by atoms with Crippen molar-refractivity contribution in [1.82, 2.24) is 10.7 Å². The minimum absolute atomic E-state index is 0.0333.